The van der Waals surface area contributed by atoms with Crippen molar-refractivity contribution < 1.29 is 9.53 Å². The molecular formula is C11H9IO2S. The van der Waals surface area contributed by atoms with Crippen LogP contribution in [0.5, 0.6) is 0 Å². The van der Waals surface area contributed by atoms with E-state index >= 15 is 0 Å². The van der Waals surface area contributed by atoms with Gasteiger partial charge in [0, 0.05) is 26.8 Å². The number of carbonyl (C=O) groups excluding carboxylic acids is 1. The number of hydrogen-bond acceptors (Lipinski definition) is 3. The van der Waals surface area contributed by atoms with Gasteiger partial charge in [0.25, 0.3) is 0 Å². The summed E-state index contributed by atoms with van der Waals surface area (Å²) in [4.78, 5) is 11.3. The third-order valence-electron chi connectivity index (χ3n) is 1.88. The summed E-state index contributed by atoms with van der Waals surface area (Å²) in [5, 5.41) is 2.89. The molecule has 1 aromatic rings. The molecular weight excluding hydrogens is 323 g/mol. The highest BCUT2D eigenvalue weighted by molar-refractivity contribution is 14.2. The standard InChI is InChI=1S/C11H9IO2S/c1-8-3-4-10(11(13)14-2)7-9(8)5-6-15-12/h3-4,7H,1-2H3. The molecule has 0 N–H and O–H groups in total. The Kier molecular flexibility index (Phi) is 4.99. The maximum Gasteiger partial charge on any atom is 0.337 e. The monoisotopic (exact) mass is 332 g/mol. The molecule has 4 heteroatoms. The molecule has 0 atom stereocenters. The molecule has 78 valence electrons. The molecule has 0 aliphatic carbocycles. The van der Waals surface area contributed by atoms with Gasteiger partial charge in [0.1, 0.15) is 0 Å². The maximum absolute atomic E-state index is 11.3. The molecule has 15 heavy (non-hydrogen) atoms. The van der Waals surface area contributed by atoms with E-state index < -0.39 is 0 Å². The molecule has 0 aliphatic heterocycles. The van der Waals surface area contributed by atoms with Gasteiger partial charge in [0.2, 0.25) is 0 Å². The van der Waals surface area contributed by atoms with Crippen LogP contribution in [0.25, 0.3) is 0 Å². The molecule has 0 amide bonds. The van der Waals surface area contributed by atoms with Crippen LogP contribution in [-0.4, -0.2) is 13.1 Å². The smallest absolute Gasteiger partial charge is 0.337 e. The van der Waals surface area contributed by atoms with Gasteiger partial charge < -0.3 is 4.74 Å². The second-order valence-corrected chi connectivity index (χ2v) is 4.51. The van der Waals surface area contributed by atoms with E-state index in [2.05, 4.69) is 37.1 Å². The quantitative estimate of drug-likeness (QED) is 0.449. The van der Waals surface area contributed by atoms with Crippen molar-refractivity contribution in [2.75, 3.05) is 7.11 Å². The summed E-state index contributed by atoms with van der Waals surface area (Å²) in [5.41, 5.74) is 2.45. The molecule has 0 radical (unpaired) electrons. The summed E-state index contributed by atoms with van der Waals surface area (Å²) in [5.74, 6) is 2.65. The number of methoxy groups -OCH3 is 1. The highest BCUT2D eigenvalue weighted by atomic mass is 127. The minimum absolute atomic E-state index is 0.333. The van der Waals surface area contributed by atoms with Gasteiger partial charge in [-0.1, -0.05) is 12.0 Å². The lowest BCUT2D eigenvalue weighted by Crippen LogP contribution is -2.01. The highest BCUT2D eigenvalue weighted by Crippen LogP contribution is 2.13. The van der Waals surface area contributed by atoms with E-state index in [4.69, 9.17) is 0 Å². The van der Waals surface area contributed by atoms with Gasteiger partial charge in [-0.25, -0.2) is 4.79 Å². The van der Waals surface area contributed by atoms with Crippen molar-refractivity contribution >= 4 is 36.1 Å². The van der Waals surface area contributed by atoms with Crippen LogP contribution in [0.3, 0.4) is 0 Å². The van der Waals surface area contributed by atoms with Gasteiger partial charge in [-0.2, -0.15) is 0 Å². The van der Waals surface area contributed by atoms with Crippen LogP contribution in [0.2, 0.25) is 0 Å². The third kappa shape index (κ3) is 3.43. The van der Waals surface area contributed by atoms with Crippen molar-refractivity contribution in [1.82, 2.24) is 0 Å². The van der Waals surface area contributed by atoms with Crippen LogP contribution in [0.15, 0.2) is 18.2 Å². The summed E-state index contributed by atoms with van der Waals surface area (Å²) in [6.45, 7) is 1.96. The molecule has 0 saturated heterocycles. The number of hydrogen-bond donors (Lipinski definition) is 0. The van der Waals surface area contributed by atoms with Gasteiger partial charge in [0.05, 0.1) is 12.7 Å². The molecule has 0 aromatic heterocycles. The molecule has 0 aliphatic rings. The number of benzene rings is 1. The molecule has 1 rings (SSSR count). The zero-order chi connectivity index (χ0) is 11.3. The molecule has 2 nitrogen and oxygen atoms in total. The second-order valence-electron chi connectivity index (χ2n) is 2.83. The van der Waals surface area contributed by atoms with Crippen molar-refractivity contribution in [2.45, 2.75) is 6.92 Å². The Labute approximate surface area is 105 Å². The predicted molar refractivity (Wildman–Crippen MR) is 71.0 cm³/mol. The van der Waals surface area contributed by atoms with Crippen molar-refractivity contribution in [1.29, 1.82) is 0 Å². The van der Waals surface area contributed by atoms with Crippen molar-refractivity contribution in [2.24, 2.45) is 0 Å². The summed E-state index contributed by atoms with van der Waals surface area (Å²) in [6, 6.07) is 5.36. The van der Waals surface area contributed by atoms with E-state index in [0.717, 1.165) is 11.1 Å². The Morgan fingerprint density at radius 3 is 2.87 bits per heavy atom. The van der Waals surface area contributed by atoms with E-state index in [1.54, 1.807) is 12.1 Å². The lowest BCUT2D eigenvalue weighted by atomic mass is 10.1. The average molecular weight is 332 g/mol. The van der Waals surface area contributed by atoms with Gasteiger partial charge in [0.15, 0.2) is 0 Å². The largest absolute Gasteiger partial charge is 0.465 e. The predicted octanol–water partition coefficient (Wildman–Crippen LogP) is 3.17. The Morgan fingerprint density at radius 1 is 1.53 bits per heavy atom. The number of esters is 1. The van der Waals surface area contributed by atoms with Gasteiger partial charge >= 0.3 is 5.97 Å². The number of ether oxygens (including phenoxy) is 1. The number of rotatable bonds is 1. The zero-order valence-electron chi connectivity index (χ0n) is 8.33. The van der Waals surface area contributed by atoms with E-state index in [9.17, 15) is 4.79 Å². The normalized spacial score (nSPS) is 9.00. The van der Waals surface area contributed by atoms with Crippen LogP contribution >= 0.6 is 30.1 Å². The van der Waals surface area contributed by atoms with Crippen LogP contribution in [0, 0.1) is 18.1 Å². The average Bonchev–Trinajstić information content (AvgIpc) is 2.27. The summed E-state index contributed by atoms with van der Waals surface area (Å²) >= 11 is 2.11. The van der Waals surface area contributed by atoms with Gasteiger partial charge in [-0.3, -0.25) is 0 Å². The molecule has 0 bridgehead atoms. The second kappa shape index (κ2) is 6.03. The highest BCUT2D eigenvalue weighted by Gasteiger charge is 2.06. The minimum atomic E-state index is -0.333. The number of halogens is 1. The zero-order valence-corrected chi connectivity index (χ0v) is 11.3. The fourth-order valence-electron chi connectivity index (χ4n) is 1.08. The maximum atomic E-state index is 11.3. The van der Waals surface area contributed by atoms with Crippen molar-refractivity contribution in [3.05, 3.63) is 34.9 Å². The van der Waals surface area contributed by atoms with Gasteiger partial charge in [-0.15, -0.1) is 0 Å². The topological polar surface area (TPSA) is 26.3 Å². The lowest BCUT2D eigenvalue weighted by Gasteiger charge is -2.02. The molecule has 0 unspecified atom stereocenters. The van der Waals surface area contributed by atoms with E-state index in [-0.39, 0.29) is 5.97 Å². The fourth-order valence-corrected chi connectivity index (χ4v) is 1.55. The summed E-state index contributed by atoms with van der Waals surface area (Å²) in [7, 11) is 2.79. The molecule has 0 heterocycles. The lowest BCUT2D eigenvalue weighted by molar-refractivity contribution is 0.0600. The summed E-state index contributed by atoms with van der Waals surface area (Å²) < 4.78 is 4.64. The van der Waals surface area contributed by atoms with Crippen molar-refractivity contribution in [3.63, 3.8) is 0 Å². The van der Waals surface area contributed by atoms with Crippen LogP contribution in [0.1, 0.15) is 21.5 Å². The Bertz CT molecular complexity index is 432. The first-order chi connectivity index (χ1) is 7.19. The Morgan fingerprint density at radius 2 is 2.27 bits per heavy atom. The fraction of sp³-hybridized carbons (Fsp3) is 0.182. The number of carbonyl (C=O) groups is 1. The SMILES string of the molecule is COC(=O)c1ccc(C)c(C#CSI)c1. The minimum Gasteiger partial charge on any atom is -0.465 e. The summed E-state index contributed by atoms with van der Waals surface area (Å²) in [6.07, 6.45) is 0. The third-order valence-corrected chi connectivity index (χ3v) is 2.72. The van der Waals surface area contributed by atoms with Crippen LogP contribution < -0.4 is 0 Å². The van der Waals surface area contributed by atoms with Crippen LogP contribution in [-0.2, 0) is 4.74 Å². The first-order valence-electron chi connectivity index (χ1n) is 4.16. The van der Waals surface area contributed by atoms with E-state index in [0.29, 0.717) is 5.56 Å². The number of aryl methyl sites for hydroxylation is 1. The van der Waals surface area contributed by atoms with Crippen LogP contribution in [0.4, 0.5) is 0 Å². The Hall–Kier alpha value is -0.670. The van der Waals surface area contributed by atoms with E-state index in [1.807, 2.05) is 13.0 Å². The first-order valence-corrected chi connectivity index (χ1v) is 7.52. The van der Waals surface area contributed by atoms with E-state index in [1.165, 1.54) is 16.0 Å². The first kappa shape index (κ1) is 12.4. The van der Waals surface area contributed by atoms with Gasteiger partial charge in [-0.05, 0) is 38.8 Å². The Balaban J connectivity index is 3.10. The molecule has 0 fully saturated rings. The van der Waals surface area contributed by atoms with Crippen molar-refractivity contribution in [3.8, 4) is 11.2 Å². The molecule has 1 aromatic carbocycles. The molecule has 0 saturated carbocycles. The molecule has 0 spiro atoms.